The minimum atomic E-state index is -0.492. The van der Waals surface area contributed by atoms with E-state index in [4.69, 9.17) is 9.47 Å². The Morgan fingerprint density at radius 2 is 1.11 bits per heavy atom. The van der Waals surface area contributed by atoms with E-state index >= 15 is 0 Å². The van der Waals surface area contributed by atoms with Crippen LogP contribution in [0.2, 0.25) is 0 Å². The van der Waals surface area contributed by atoms with Gasteiger partial charge >= 0.3 is 11.9 Å². The normalized spacial score (nSPS) is 12.9. The summed E-state index contributed by atoms with van der Waals surface area (Å²) in [4.78, 5) is 22.6. The molecule has 0 unspecified atom stereocenters. The molecule has 0 fully saturated rings. The molecule has 0 saturated heterocycles. The molecule has 0 radical (unpaired) electrons. The molecule has 0 heterocycles. The first-order chi connectivity index (χ1) is 8.49. The summed E-state index contributed by atoms with van der Waals surface area (Å²) < 4.78 is 10.2. The molecule has 0 spiro atoms. The van der Waals surface area contributed by atoms with Gasteiger partial charge in [-0.25, -0.2) is 9.59 Å². The minimum absolute atomic E-state index is 0.391. The van der Waals surface area contributed by atoms with Crippen molar-refractivity contribution < 1.29 is 19.1 Å². The SMILES string of the molecule is CC(C)(C)OC(=O)/C=C/C/C=C/C(=O)OC(C)(C)C. The zero-order chi connectivity index (χ0) is 15.1. The van der Waals surface area contributed by atoms with Gasteiger partial charge in [-0.05, 0) is 48.0 Å². The Bertz CT molecular complexity index is 329. The number of rotatable bonds is 4. The predicted octanol–water partition coefficient (Wildman–Crippen LogP) is 3.17. The van der Waals surface area contributed by atoms with Crippen LogP contribution in [0.3, 0.4) is 0 Å². The quantitative estimate of drug-likeness (QED) is 0.580. The van der Waals surface area contributed by atoms with Crippen LogP contribution in [0.5, 0.6) is 0 Å². The van der Waals surface area contributed by atoms with Crippen LogP contribution in [0.15, 0.2) is 24.3 Å². The van der Waals surface area contributed by atoms with Gasteiger partial charge in [0.15, 0.2) is 0 Å². The zero-order valence-electron chi connectivity index (χ0n) is 12.6. The number of allylic oxidation sites excluding steroid dienone is 2. The highest BCUT2D eigenvalue weighted by atomic mass is 16.6. The molecule has 0 aliphatic rings. The Morgan fingerprint density at radius 3 is 1.37 bits per heavy atom. The molecule has 0 bridgehead atoms. The van der Waals surface area contributed by atoms with Crippen molar-refractivity contribution in [3.05, 3.63) is 24.3 Å². The summed E-state index contributed by atoms with van der Waals surface area (Å²) in [5, 5.41) is 0. The molecule has 108 valence electrons. The van der Waals surface area contributed by atoms with E-state index in [2.05, 4.69) is 0 Å². The fraction of sp³-hybridized carbons (Fsp3) is 0.600. The van der Waals surface area contributed by atoms with E-state index in [1.807, 2.05) is 0 Å². The predicted molar refractivity (Wildman–Crippen MR) is 74.6 cm³/mol. The van der Waals surface area contributed by atoms with Crippen molar-refractivity contribution in [1.29, 1.82) is 0 Å². The van der Waals surface area contributed by atoms with Gasteiger partial charge in [0.25, 0.3) is 0 Å². The molecule has 4 nitrogen and oxygen atoms in total. The third-order valence-electron chi connectivity index (χ3n) is 1.59. The summed E-state index contributed by atoms with van der Waals surface area (Å²) in [6, 6.07) is 0. The molecule has 0 aromatic carbocycles. The van der Waals surface area contributed by atoms with Crippen LogP contribution in [0.1, 0.15) is 48.0 Å². The van der Waals surface area contributed by atoms with Crippen molar-refractivity contribution in [1.82, 2.24) is 0 Å². The largest absolute Gasteiger partial charge is 0.457 e. The van der Waals surface area contributed by atoms with Gasteiger partial charge in [-0.15, -0.1) is 0 Å². The molecule has 0 aliphatic heterocycles. The number of carbonyl (C=O) groups excluding carboxylic acids is 2. The highest BCUT2D eigenvalue weighted by molar-refractivity contribution is 5.83. The van der Waals surface area contributed by atoms with E-state index in [-0.39, 0.29) is 0 Å². The first-order valence-corrected chi connectivity index (χ1v) is 6.29. The van der Waals surface area contributed by atoms with Gasteiger partial charge in [0.1, 0.15) is 11.2 Å². The van der Waals surface area contributed by atoms with Crippen LogP contribution in [-0.4, -0.2) is 23.1 Å². The Kier molecular flexibility index (Phi) is 6.53. The lowest BCUT2D eigenvalue weighted by Gasteiger charge is -2.18. The average Bonchev–Trinajstić information content (AvgIpc) is 2.10. The maximum absolute atomic E-state index is 11.3. The van der Waals surface area contributed by atoms with Crippen LogP contribution in [-0.2, 0) is 19.1 Å². The van der Waals surface area contributed by atoms with Crippen LogP contribution in [0.25, 0.3) is 0 Å². The van der Waals surface area contributed by atoms with E-state index < -0.39 is 23.1 Å². The van der Waals surface area contributed by atoms with E-state index in [0.29, 0.717) is 6.42 Å². The van der Waals surface area contributed by atoms with E-state index in [1.54, 1.807) is 53.7 Å². The van der Waals surface area contributed by atoms with Gasteiger partial charge in [0, 0.05) is 12.2 Å². The standard InChI is InChI=1S/C15H24O4/c1-14(2,3)18-12(16)10-8-7-9-11-13(17)19-15(4,5)6/h8-11H,7H2,1-6H3/b10-8+,11-9+. The van der Waals surface area contributed by atoms with Gasteiger partial charge < -0.3 is 9.47 Å². The summed E-state index contributed by atoms with van der Waals surface area (Å²) in [5.41, 5.74) is -0.985. The molecule has 4 heteroatoms. The summed E-state index contributed by atoms with van der Waals surface area (Å²) >= 11 is 0. The van der Waals surface area contributed by atoms with E-state index in [9.17, 15) is 9.59 Å². The molecular weight excluding hydrogens is 244 g/mol. The maximum atomic E-state index is 11.3. The number of hydrogen-bond acceptors (Lipinski definition) is 4. The fourth-order valence-corrected chi connectivity index (χ4v) is 1.08. The molecule has 0 aromatic heterocycles. The Balaban J connectivity index is 4.03. The second kappa shape index (κ2) is 7.12. The van der Waals surface area contributed by atoms with Gasteiger partial charge in [0.05, 0.1) is 0 Å². The van der Waals surface area contributed by atoms with Crippen molar-refractivity contribution in [3.63, 3.8) is 0 Å². The maximum Gasteiger partial charge on any atom is 0.330 e. The van der Waals surface area contributed by atoms with Gasteiger partial charge in [-0.3, -0.25) is 0 Å². The molecule has 0 amide bonds. The van der Waals surface area contributed by atoms with E-state index in [0.717, 1.165) is 0 Å². The first kappa shape index (κ1) is 17.4. The molecule has 0 N–H and O–H groups in total. The van der Waals surface area contributed by atoms with Gasteiger partial charge in [-0.2, -0.15) is 0 Å². The van der Waals surface area contributed by atoms with Gasteiger partial charge in [0.2, 0.25) is 0 Å². The third kappa shape index (κ3) is 12.7. The van der Waals surface area contributed by atoms with Crippen molar-refractivity contribution in [3.8, 4) is 0 Å². The minimum Gasteiger partial charge on any atom is -0.457 e. The van der Waals surface area contributed by atoms with Crippen LogP contribution in [0.4, 0.5) is 0 Å². The molecule has 0 aromatic rings. The lowest BCUT2D eigenvalue weighted by atomic mass is 10.2. The Labute approximate surface area is 115 Å². The fourth-order valence-electron chi connectivity index (χ4n) is 1.08. The second-order valence-electron chi connectivity index (χ2n) is 6.11. The molecule has 0 atom stereocenters. The zero-order valence-corrected chi connectivity index (χ0v) is 12.6. The summed E-state index contributed by atoms with van der Waals surface area (Å²) in [6.07, 6.45) is 6.44. The van der Waals surface area contributed by atoms with Crippen LogP contribution < -0.4 is 0 Å². The van der Waals surface area contributed by atoms with E-state index in [1.165, 1.54) is 12.2 Å². The number of hydrogen-bond donors (Lipinski definition) is 0. The lowest BCUT2D eigenvalue weighted by molar-refractivity contribution is -0.149. The highest BCUT2D eigenvalue weighted by Gasteiger charge is 2.14. The summed E-state index contributed by atoms with van der Waals surface area (Å²) in [7, 11) is 0. The van der Waals surface area contributed by atoms with Crippen LogP contribution >= 0.6 is 0 Å². The summed E-state index contributed by atoms with van der Waals surface area (Å²) in [5.74, 6) is -0.781. The van der Waals surface area contributed by atoms with Crippen molar-refractivity contribution in [2.24, 2.45) is 0 Å². The lowest BCUT2D eigenvalue weighted by Crippen LogP contribution is -2.22. The Hall–Kier alpha value is -1.58. The molecule has 19 heavy (non-hydrogen) atoms. The Morgan fingerprint density at radius 1 is 0.789 bits per heavy atom. The number of carbonyl (C=O) groups is 2. The van der Waals surface area contributed by atoms with Crippen molar-refractivity contribution >= 4 is 11.9 Å². The molecule has 0 saturated carbocycles. The monoisotopic (exact) mass is 268 g/mol. The summed E-state index contributed by atoms with van der Waals surface area (Å²) in [6.45, 7) is 10.8. The smallest absolute Gasteiger partial charge is 0.330 e. The number of ether oxygens (including phenoxy) is 2. The average molecular weight is 268 g/mol. The number of esters is 2. The molecule has 0 rings (SSSR count). The molecule has 0 aliphatic carbocycles. The van der Waals surface area contributed by atoms with Crippen molar-refractivity contribution in [2.45, 2.75) is 59.2 Å². The topological polar surface area (TPSA) is 52.6 Å². The van der Waals surface area contributed by atoms with Crippen molar-refractivity contribution in [2.75, 3.05) is 0 Å². The highest BCUT2D eigenvalue weighted by Crippen LogP contribution is 2.08. The first-order valence-electron chi connectivity index (χ1n) is 6.29. The van der Waals surface area contributed by atoms with Crippen LogP contribution in [0, 0.1) is 0 Å². The molecular formula is C15H24O4. The second-order valence-corrected chi connectivity index (χ2v) is 6.11. The van der Waals surface area contributed by atoms with Gasteiger partial charge in [-0.1, -0.05) is 12.2 Å². The third-order valence-corrected chi connectivity index (χ3v) is 1.59.